The minimum Gasteiger partial charge on any atom is -0.353 e. The van der Waals surface area contributed by atoms with E-state index in [1.165, 1.54) is 0 Å². The molecule has 0 radical (unpaired) electrons. The molecule has 0 bridgehead atoms. The monoisotopic (exact) mass is 318 g/mol. The molecule has 0 aliphatic heterocycles. The number of nitrogens with zero attached hydrogens (tertiary/aromatic N) is 4. The number of rotatable bonds is 9. The highest BCUT2D eigenvalue weighted by molar-refractivity contribution is 7.88. The van der Waals surface area contributed by atoms with Crippen molar-refractivity contribution < 1.29 is 8.42 Å². The number of hydrogen-bond donors (Lipinski definition) is 4. The summed E-state index contributed by atoms with van der Waals surface area (Å²) in [5.74, 6) is 6.41. The fourth-order valence-electron chi connectivity index (χ4n) is 1.57. The Hall–Kier alpha value is -1.72. The van der Waals surface area contributed by atoms with Gasteiger partial charge in [0.2, 0.25) is 27.9 Å². The lowest BCUT2D eigenvalue weighted by atomic mass is 10.5. The van der Waals surface area contributed by atoms with Crippen LogP contribution in [0.3, 0.4) is 0 Å². The van der Waals surface area contributed by atoms with Crippen molar-refractivity contribution in [3.63, 3.8) is 0 Å². The van der Waals surface area contributed by atoms with Crippen molar-refractivity contribution in [2.75, 3.05) is 48.1 Å². The van der Waals surface area contributed by atoms with Crippen molar-refractivity contribution in [2.24, 2.45) is 5.84 Å². The quantitative estimate of drug-likeness (QED) is 0.255. The van der Waals surface area contributed by atoms with E-state index in [2.05, 4.69) is 30.4 Å². The van der Waals surface area contributed by atoms with Gasteiger partial charge in [0.05, 0.1) is 6.26 Å². The minimum atomic E-state index is -3.20. The molecule has 0 atom stereocenters. The van der Waals surface area contributed by atoms with E-state index in [0.29, 0.717) is 18.4 Å². The van der Waals surface area contributed by atoms with Gasteiger partial charge in [-0.15, -0.1) is 0 Å². The molecule has 10 nitrogen and oxygen atoms in total. The molecule has 11 heteroatoms. The molecule has 120 valence electrons. The zero-order valence-electron chi connectivity index (χ0n) is 12.4. The van der Waals surface area contributed by atoms with Crippen LogP contribution in [0.4, 0.5) is 17.8 Å². The summed E-state index contributed by atoms with van der Waals surface area (Å²) in [6.07, 6.45) is 1.10. The van der Waals surface area contributed by atoms with Gasteiger partial charge in [0.1, 0.15) is 0 Å². The standard InChI is InChI=1S/C10H22N8O2S/c1-4-18(5-2)10-15-8(14-9(16-10)17-11)12-6-7-13-21(3,19)20/h13H,4-7,11H2,1-3H3,(H2,12,14,15,16,17). The van der Waals surface area contributed by atoms with E-state index in [1.54, 1.807) is 0 Å². The molecule has 5 N–H and O–H groups in total. The van der Waals surface area contributed by atoms with Gasteiger partial charge in [-0.05, 0) is 13.8 Å². The maximum absolute atomic E-state index is 11.0. The van der Waals surface area contributed by atoms with E-state index in [4.69, 9.17) is 5.84 Å². The fraction of sp³-hybridized carbons (Fsp3) is 0.700. The van der Waals surface area contributed by atoms with Crippen LogP contribution in [0, 0.1) is 0 Å². The largest absolute Gasteiger partial charge is 0.353 e. The van der Waals surface area contributed by atoms with E-state index in [1.807, 2.05) is 18.7 Å². The molecule has 0 amide bonds. The summed E-state index contributed by atoms with van der Waals surface area (Å²) in [5, 5.41) is 2.92. The first-order valence-electron chi connectivity index (χ1n) is 6.55. The summed E-state index contributed by atoms with van der Waals surface area (Å²) in [6, 6.07) is 0. The third-order valence-corrected chi connectivity index (χ3v) is 3.30. The van der Waals surface area contributed by atoms with E-state index in [9.17, 15) is 8.42 Å². The van der Waals surface area contributed by atoms with E-state index >= 15 is 0 Å². The van der Waals surface area contributed by atoms with Crippen LogP contribution in [-0.2, 0) is 10.0 Å². The Bertz CT molecular complexity index is 546. The summed E-state index contributed by atoms with van der Waals surface area (Å²) in [7, 11) is -3.20. The highest BCUT2D eigenvalue weighted by atomic mass is 32.2. The van der Waals surface area contributed by atoms with Crippen molar-refractivity contribution in [3.8, 4) is 0 Å². The highest BCUT2D eigenvalue weighted by Crippen LogP contribution is 2.12. The first-order chi connectivity index (χ1) is 9.89. The van der Waals surface area contributed by atoms with Gasteiger partial charge >= 0.3 is 0 Å². The number of aromatic nitrogens is 3. The molecular formula is C10H22N8O2S. The van der Waals surface area contributed by atoms with Gasteiger partial charge in [-0.3, -0.25) is 5.43 Å². The number of nitrogens with one attached hydrogen (secondary N) is 3. The smallest absolute Gasteiger partial charge is 0.243 e. The summed E-state index contributed by atoms with van der Waals surface area (Å²) < 4.78 is 24.3. The average molecular weight is 318 g/mol. The zero-order chi connectivity index (χ0) is 15.9. The van der Waals surface area contributed by atoms with Crippen LogP contribution >= 0.6 is 0 Å². The Kier molecular flexibility index (Phi) is 6.52. The lowest BCUT2D eigenvalue weighted by Gasteiger charge is -2.19. The van der Waals surface area contributed by atoms with Crippen LogP contribution in [0.5, 0.6) is 0 Å². The Labute approximate surface area is 124 Å². The average Bonchev–Trinajstić information content (AvgIpc) is 2.44. The van der Waals surface area contributed by atoms with Gasteiger partial charge in [-0.2, -0.15) is 15.0 Å². The van der Waals surface area contributed by atoms with Gasteiger partial charge in [0, 0.05) is 26.2 Å². The molecule has 0 saturated heterocycles. The third-order valence-electron chi connectivity index (χ3n) is 2.57. The molecule has 0 saturated carbocycles. The third kappa shape index (κ3) is 6.06. The van der Waals surface area contributed by atoms with Crippen LogP contribution in [0.15, 0.2) is 0 Å². The van der Waals surface area contributed by atoms with Gasteiger partial charge in [-0.25, -0.2) is 19.0 Å². The second kappa shape index (κ2) is 7.90. The van der Waals surface area contributed by atoms with Crippen molar-refractivity contribution in [2.45, 2.75) is 13.8 Å². The van der Waals surface area contributed by atoms with Crippen molar-refractivity contribution in [1.29, 1.82) is 0 Å². The van der Waals surface area contributed by atoms with Crippen LogP contribution in [0.25, 0.3) is 0 Å². The lowest BCUT2D eigenvalue weighted by molar-refractivity contribution is 0.589. The Morgan fingerprint density at radius 2 is 1.71 bits per heavy atom. The molecule has 0 aliphatic carbocycles. The summed E-state index contributed by atoms with van der Waals surface area (Å²) in [4.78, 5) is 14.5. The van der Waals surface area contributed by atoms with E-state index in [0.717, 1.165) is 19.3 Å². The molecule has 0 unspecified atom stereocenters. The SMILES string of the molecule is CCN(CC)c1nc(NN)nc(NCCNS(C)(=O)=O)n1. The topological polar surface area (TPSA) is 138 Å². The number of nitrogens with two attached hydrogens (primary N) is 1. The Morgan fingerprint density at radius 1 is 1.10 bits per heavy atom. The normalized spacial score (nSPS) is 11.2. The predicted molar refractivity (Wildman–Crippen MR) is 82.5 cm³/mol. The van der Waals surface area contributed by atoms with Crippen LogP contribution < -0.4 is 26.2 Å². The Morgan fingerprint density at radius 3 is 2.24 bits per heavy atom. The Balaban J connectivity index is 2.75. The maximum Gasteiger partial charge on any atom is 0.243 e. The minimum absolute atomic E-state index is 0.233. The predicted octanol–water partition coefficient (Wildman–Crippen LogP) is -1.04. The molecule has 0 aromatic carbocycles. The first-order valence-corrected chi connectivity index (χ1v) is 8.44. The second-order valence-electron chi connectivity index (χ2n) is 4.19. The van der Waals surface area contributed by atoms with Gasteiger partial charge in [0.25, 0.3) is 0 Å². The van der Waals surface area contributed by atoms with Gasteiger partial charge < -0.3 is 10.2 Å². The number of hydrazine groups is 1. The van der Waals surface area contributed by atoms with Crippen LogP contribution in [0.1, 0.15) is 13.8 Å². The molecular weight excluding hydrogens is 296 g/mol. The van der Waals surface area contributed by atoms with Crippen LogP contribution in [0.2, 0.25) is 0 Å². The fourth-order valence-corrected chi connectivity index (χ4v) is 2.04. The summed E-state index contributed by atoms with van der Waals surface area (Å²) in [5.41, 5.74) is 2.39. The van der Waals surface area contributed by atoms with Gasteiger partial charge in [0.15, 0.2) is 0 Å². The second-order valence-corrected chi connectivity index (χ2v) is 6.03. The zero-order valence-corrected chi connectivity index (χ0v) is 13.2. The molecule has 1 aromatic heterocycles. The summed E-state index contributed by atoms with van der Waals surface area (Å²) >= 11 is 0. The molecule has 21 heavy (non-hydrogen) atoms. The van der Waals surface area contributed by atoms with Crippen molar-refractivity contribution >= 4 is 27.9 Å². The van der Waals surface area contributed by atoms with Crippen LogP contribution in [-0.4, -0.2) is 55.8 Å². The van der Waals surface area contributed by atoms with E-state index in [-0.39, 0.29) is 12.5 Å². The first kappa shape index (κ1) is 17.3. The molecule has 0 spiro atoms. The highest BCUT2D eigenvalue weighted by Gasteiger charge is 2.10. The molecule has 1 heterocycles. The van der Waals surface area contributed by atoms with Crippen molar-refractivity contribution in [3.05, 3.63) is 0 Å². The summed E-state index contributed by atoms with van der Waals surface area (Å²) in [6.45, 7) is 6.06. The number of anilines is 3. The van der Waals surface area contributed by atoms with Crippen molar-refractivity contribution in [1.82, 2.24) is 19.7 Å². The maximum atomic E-state index is 11.0. The molecule has 0 fully saturated rings. The number of nitrogen functional groups attached to an aromatic ring is 1. The molecule has 1 aromatic rings. The van der Waals surface area contributed by atoms with E-state index < -0.39 is 10.0 Å². The lowest BCUT2D eigenvalue weighted by Crippen LogP contribution is -2.29. The van der Waals surface area contributed by atoms with Gasteiger partial charge in [-0.1, -0.05) is 0 Å². The molecule has 1 rings (SSSR count). The number of sulfonamides is 1. The molecule has 0 aliphatic rings. The number of hydrogen-bond acceptors (Lipinski definition) is 9.